The Balaban J connectivity index is 2.03. The smallest absolute Gasteiger partial charge is 0.125 e. The van der Waals surface area contributed by atoms with Crippen molar-refractivity contribution in [3.63, 3.8) is 0 Å². The molecule has 3 aromatic rings. The Bertz CT molecular complexity index is 760. The molecule has 2 aromatic carbocycles. The van der Waals surface area contributed by atoms with Gasteiger partial charge in [0, 0.05) is 24.7 Å². The number of nitrogens with two attached hydrogens (primary N) is 1. The van der Waals surface area contributed by atoms with Crippen LogP contribution in [0.4, 0.5) is 10.1 Å². The number of rotatable bonds is 4. The van der Waals surface area contributed by atoms with Crippen LogP contribution in [-0.2, 0) is 13.0 Å². The Morgan fingerprint density at radius 1 is 1.14 bits per heavy atom. The summed E-state index contributed by atoms with van der Waals surface area (Å²) in [6.07, 6.45) is 1.73. The lowest BCUT2D eigenvalue weighted by Gasteiger charge is -2.08. The Labute approximate surface area is 123 Å². The number of hydrogen-bond donors (Lipinski definition) is 1. The molecule has 0 aliphatic carbocycles. The van der Waals surface area contributed by atoms with E-state index < -0.39 is 0 Å². The Morgan fingerprint density at radius 2 is 1.90 bits per heavy atom. The number of benzene rings is 2. The third kappa shape index (κ3) is 2.75. The minimum absolute atomic E-state index is 0.248. The highest BCUT2D eigenvalue weighted by molar-refractivity contribution is 5.76. The summed E-state index contributed by atoms with van der Waals surface area (Å²) in [7, 11) is 0. The standard InChI is InChI=1S/C17H18FN3/c1-2-9-21-16-8-5-13(18)11-15(16)20-17(21)10-12-3-6-14(19)7-4-12/h3-8,11H,2,9-10,19H2,1H3. The summed E-state index contributed by atoms with van der Waals surface area (Å²) in [5.41, 5.74) is 9.32. The zero-order chi connectivity index (χ0) is 14.8. The molecule has 3 rings (SSSR count). The maximum atomic E-state index is 13.4. The summed E-state index contributed by atoms with van der Waals surface area (Å²) in [6, 6.07) is 12.6. The summed E-state index contributed by atoms with van der Waals surface area (Å²) < 4.78 is 15.5. The minimum Gasteiger partial charge on any atom is -0.399 e. The van der Waals surface area contributed by atoms with Crippen LogP contribution >= 0.6 is 0 Å². The molecule has 0 radical (unpaired) electrons. The molecule has 0 amide bonds. The van der Waals surface area contributed by atoms with Crippen LogP contribution in [0.5, 0.6) is 0 Å². The van der Waals surface area contributed by atoms with Gasteiger partial charge in [0.2, 0.25) is 0 Å². The van der Waals surface area contributed by atoms with E-state index in [1.807, 2.05) is 24.3 Å². The molecule has 2 N–H and O–H groups in total. The molecule has 0 unspecified atom stereocenters. The van der Waals surface area contributed by atoms with Gasteiger partial charge in [0.15, 0.2) is 0 Å². The number of halogens is 1. The fourth-order valence-corrected chi connectivity index (χ4v) is 2.58. The Kier molecular flexibility index (Phi) is 3.60. The van der Waals surface area contributed by atoms with E-state index in [-0.39, 0.29) is 5.82 Å². The number of anilines is 1. The molecule has 21 heavy (non-hydrogen) atoms. The predicted molar refractivity (Wildman–Crippen MR) is 83.6 cm³/mol. The molecule has 0 atom stereocenters. The molecular weight excluding hydrogens is 265 g/mol. The lowest BCUT2D eigenvalue weighted by atomic mass is 10.1. The van der Waals surface area contributed by atoms with Crippen LogP contribution in [0, 0.1) is 5.82 Å². The van der Waals surface area contributed by atoms with Gasteiger partial charge in [-0.05, 0) is 36.2 Å². The molecule has 0 aliphatic heterocycles. The van der Waals surface area contributed by atoms with E-state index in [9.17, 15) is 4.39 Å². The van der Waals surface area contributed by atoms with Crippen LogP contribution in [0.2, 0.25) is 0 Å². The maximum Gasteiger partial charge on any atom is 0.125 e. The third-order valence-electron chi connectivity index (χ3n) is 3.58. The molecular formula is C17H18FN3. The maximum absolute atomic E-state index is 13.4. The number of aromatic nitrogens is 2. The van der Waals surface area contributed by atoms with Gasteiger partial charge in [0.25, 0.3) is 0 Å². The first-order valence-corrected chi connectivity index (χ1v) is 7.16. The van der Waals surface area contributed by atoms with E-state index in [1.54, 1.807) is 6.07 Å². The monoisotopic (exact) mass is 283 g/mol. The van der Waals surface area contributed by atoms with Crippen molar-refractivity contribution in [1.82, 2.24) is 9.55 Å². The van der Waals surface area contributed by atoms with Gasteiger partial charge in [-0.2, -0.15) is 0 Å². The van der Waals surface area contributed by atoms with E-state index in [4.69, 9.17) is 5.73 Å². The molecule has 108 valence electrons. The van der Waals surface area contributed by atoms with Gasteiger partial charge < -0.3 is 10.3 Å². The molecule has 1 aromatic heterocycles. The number of imidazole rings is 1. The molecule has 1 heterocycles. The second-order valence-electron chi connectivity index (χ2n) is 5.23. The van der Waals surface area contributed by atoms with Gasteiger partial charge >= 0.3 is 0 Å². The largest absolute Gasteiger partial charge is 0.399 e. The number of fused-ring (bicyclic) bond motifs is 1. The second kappa shape index (κ2) is 5.56. The van der Waals surface area contributed by atoms with Crippen LogP contribution in [0.25, 0.3) is 11.0 Å². The van der Waals surface area contributed by atoms with Crippen LogP contribution in [0.3, 0.4) is 0 Å². The van der Waals surface area contributed by atoms with Crippen molar-refractivity contribution in [1.29, 1.82) is 0 Å². The molecule has 3 nitrogen and oxygen atoms in total. The van der Waals surface area contributed by atoms with Crippen molar-refractivity contribution < 1.29 is 4.39 Å². The first kappa shape index (κ1) is 13.6. The highest BCUT2D eigenvalue weighted by atomic mass is 19.1. The quantitative estimate of drug-likeness (QED) is 0.741. The van der Waals surface area contributed by atoms with Crippen LogP contribution in [0.1, 0.15) is 24.7 Å². The van der Waals surface area contributed by atoms with Gasteiger partial charge in [-0.15, -0.1) is 0 Å². The van der Waals surface area contributed by atoms with Crippen molar-refractivity contribution in [3.8, 4) is 0 Å². The van der Waals surface area contributed by atoms with E-state index in [0.717, 1.165) is 42.0 Å². The number of nitrogens with zero attached hydrogens (tertiary/aromatic N) is 2. The van der Waals surface area contributed by atoms with Crippen molar-refractivity contribution in [2.24, 2.45) is 0 Å². The molecule has 0 spiro atoms. The van der Waals surface area contributed by atoms with Crippen LogP contribution < -0.4 is 5.73 Å². The zero-order valence-electron chi connectivity index (χ0n) is 12.0. The lowest BCUT2D eigenvalue weighted by molar-refractivity contribution is 0.629. The van der Waals surface area contributed by atoms with Crippen molar-refractivity contribution >= 4 is 16.7 Å². The van der Waals surface area contributed by atoms with Crippen molar-refractivity contribution in [3.05, 3.63) is 59.7 Å². The molecule has 4 heteroatoms. The van der Waals surface area contributed by atoms with Gasteiger partial charge in [-0.1, -0.05) is 19.1 Å². The summed E-state index contributed by atoms with van der Waals surface area (Å²) in [5, 5.41) is 0. The first-order chi connectivity index (χ1) is 10.2. The third-order valence-corrected chi connectivity index (χ3v) is 3.58. The fraction of sp³-hybridized carbons (Fsp3) is 0.235. The van der Waals surface area contributed by atoms with Gasteiger partial charge in [0.1, 0.15) is 11.6 Å². The molecule has 0 aliphatic rings. The molecule has 0 fully saturated rings. The molecule has 0 bridgehead atoms. The Morgan fingerprint density at radius 3 is 2.62 bits per heavy atom. The van der Waals surface area contributed by atoms with Gasteiger partial charge in [-0.3, -0.25) is 0 Å². The second-order valence-corrected chi connectivity index (χ2v) is 5.23. The summed E-state index contributed by atoms with van der Waals surface area (Å²) in [4.78, 5) is 4.60. The highest BCUT2D eigenvalue weighted by Gasteiger charge is 2.11. The fourth-order valence-electron chi connectivity index (χ4n) is 2.58. The Hall–Kier alpha value is -2.36. The summed E-state index contributed by atoms with van der Waals surface area (Å²) in [5.74, 6) is 0.713. The van der Waals surface area contributed by atoms with Gasteiger partial charge in [0.05, 0.1) is 11.0 Å². The van der Waals surface area contributed by atoms with E-state index >= 15 is 0 Å². The first-order valence-electron chi connectivity index (χ1n) is 7.16. The average molecular weight is 283 g/mol. The van der Waals surface area contributed by atoms with E-state index in [0.29, 0.717) is 5.52 Å². The number of nitrogen functional groups attached to an aromatic ring is 1. The average Bonchev–Trinajstić information content (AvgIpc) is 2.79. The van der Waals surface area contributed by atoms with E-state index in [1.165, 1.54) is 12.1 Å². The van der Waals surface area contributed by atoms with Gasteiger partial charge in [-0.25, -0.2) is 9.37 Å². The molecule has 0 saturated carbocycles. The summed E-state index contributed by atoms with van der Waals surface area (Å²) >= 11 is 0. The van der Waals surface area contributed by atoms with Crippen LogP contribution in [-0.4, -0.2) is 9.55 Å². The normalized spacial score (nSPS) is 11.1. The number of aryl methyl sites for hydroxylation is 1. The lowest BCUT2D eigenvalue weighted by Crippen LogP contribution is -2.04. The highest BCUT2D eigenvalue weighted by Crippen LogP contribution is 2.20. The zero-order valence-corrected chi connectivity index (χ0v) is 12.0. The summed E-state index contributed by atoms with van der Waals surface area (Å²) in [6.45, 7) is 3.01. The number of hydrogen-bond acceptors (Lipinski definition) is 2. The SMILES string of the molecule is CCCn1c(Cc2ccc(N)cc2)nc2cc(F)ccc21. The topological polar surface area (TPSA) is 43.8 Å². The van der Waals surface area contributed by atoms with E-state index in [2.05, 4.69) is 16.5 Å². The predicted octanol–water partition coefficient (Wildman–Crippen LogP) is 3.76. The van der Waals surface area contributed by atoms with Crippen molar-refractivity contribution in [2.75, 3.05) is 5.73 Å². The molecule has 0 saturated heterocycles. The van der Waals surface area contributed by atoms with Crippen LogP contribution in [0.15, 0.2) is 42.5 Å². The van der Waals surface area contributed by atoms with Crippen molar-refractivity contribution in [2.45, 2.75) is 26.3 Å². The minimum atomic E-state index is -0.248.